The van der Waals surface area contributed by atoms with Gasteiger partial charge in [0.15, 0.2) is 0 Å². The van der Waals surface area contributed by atoms with Crippen molar-refractivity contribution in [3.05, 3.63) is 35.9 Å². The van der Waals surface area contributed by atoms with Crippen molar-refractivity contribution in [3.63, 3.8) is 0 Å². The van der Waals surface area contributed by atoms with Gasteiger partial charge in [-0.15, -0.1) is 0 Å². The Balaban J connectivity index is 1.74. The molecule has 1 saturated carbocycles. The molecule has 0 aliphatic heterocycles. The third-order valence-corrected chi connectivity index (χ3v) is 6.80. The zero-order valence-corrected chi connectivity index (χ0v) is 14.9. The van der Waals surface area contributed by atoms with Gasteiger partial charge in [-0.05, 0) is 31.2 Å². The molecule has 0 aromatic heterocycles. The van der Waals surface area contributed by atoms with Crippen LogP contribution in [-0.4, -0.2) is 35.0 Å². The van der Waals surface area contributed by atoms with Gasteiger partial charge in [0, 0.05) is 18.7 Å². The summed E-state index contributed by atoms with van der Waals surface area (Å²) >= 11 is 0. The molecule has 1 aromatic rings. The smallest absolute Gasteiger partial charge is 0.203 e. The first kappa shape index (κ1) is 18.7. The molecular formula is C18H30NO3P. The van der Waals surface area contributed by atoms with Gasteiger partial charge in [-0.1, -0.05) is 49.6 Å². The van der Waals surface area contributed by atoms with Crippen molar-refractivity contribution in [2.45, 2.75) is 51.2 Å². The Hall–Kier alpha value is -0.670. The van der Waals surface area contributed by atoms with Gasteiger partial charge in [0.05, 0.1) is 12.3 Å². The van der Waals surface area contributed by atoms with E-state index in [-0.39, 0.29) is 12.2 Å². The molecule has 5 heteroatoms. The van der Waals surface area contributed by atoms with Gasteiger partial charge < -0.3 is 15.3 Å². The molecule has 1 unspecified atom stereocenters. The minimum absolute atomic E-state index is 0.00197. The first-order valence-corrected chi connectivity index (χ1v) is 10.8. The number of hydrogen-bond donors (Lipinski definition) is 3. The van der Waals surface area contributed by atoms with Crippen LogP contribution in [0.15, 0.2) is 30.3 Å². The number of nitrogens with one attached hydrogen (secondary N) is 1. The topological polar surface area (TPSA) is 69.6 Å². The molecule has 0 spiro atoms. The highest BCUT2D eigenvalue weighted by atomic mass is 31.2. The van der Waals surface area contributed by atoms with E-state index in [1.165, 1.54) is 19.3 Å². The maximum absolute atomic E-state index is 12.4. The zero-order valence-electron chi connectivity index (χ0n) is 14.0. The van der Waals surface area contributed by atoms with E-state index in [9.17, 15) is 14.6 Å². The van der Waals surface area contributed by atoms with Crippen molar-refractivity contribution in [2.24, 2.45) is 5.92 Å². The number of hydrogen-bond acceptors (Lipinski definition) is 3. The molecule has 0 bridgehead atoms. The summed E-state index contributed by atoms with van der Waals surface area (Å²) in [5.41, 5.74) is 1.15. The van der Waals surface area contributed by atoms with Crippen LogP contribution in [-0.2, 0) is 4.57 Å². The van der Waals surface area contributed by atoms with Crippen LogP contribution in [0.2, 0.25) is 0 Å². The number of aliphatic hydroxyl groups excluding tert-OH is 1. The van der Waals surface area contributed by atoms with Gasteiger partial charge in [-0.3, -0.25) is 4.57 Å². The predicted molar refractivity (Wildman–Crippen MR) is 95.0 cm³/mol. The molecule has 23 heavy (non-hydrogen) atoms. The SMILES string of the molecule is C[C@H](NC[C@H](O)CP(=O)(O)CC1CCCCC1)c1ccccc1. The van der Waals surface area contributed by atoms with Crippen LogP contribution < -0.4 is 5.32 Å². The number of aliphatic hydroxyl groups is 1. The predicted octanol–water partition coefficient (Wildman–Crippen LogP) is 3.55. The van der Waals surface area contributed by atoms with E-state index in [0.717, 1.165) is 18.4 Å². The Morgan fingerprint density at radius 1 is 1.22 bits per heavy atom. The van der Waals surface area contributed by atoms with E-state index in [2.05, 4.69) is 5.32 Å². The van der Waals surface area contributed by atoms with Crippen LogP contribution in [0.25, 0.3) is 0 Å². The van der Waals surface area contributed by atoms with Crippen molar-refractivity contribution < 1.29 is 14.6 Å². The van der Waals surface area contributed by atoms with Crippen LogP contribution in [0.5, 0.6) is 0 Å². The Morgan fingerprint density at radius 2 is 1.87 bits per heavy atom. The summed E-state index contributed by atoms with van der Waals surface area (Å²) in [5.74, 6) is 0.364. The van der Waals surface area contributed by atoms with Crippen LogP contribution in [0.4, 0.5) is 0 Å². The highest BCUT2D eigenvalue weighted by Crippen LogP contribution is 2.45. The summed E-state index contributed by atoms with van der Waals surface area (Å²) in [5, 5.41) is 13.4. The monoisotopic (exact) mass is 339 g/mol. The van der Waals surface area contributed by atoms with E-state index in [0.29, 0.717) is 18.6 Å². The first-order valence-electron chi connectivity index (χ1n) is 8.73. The summed E-state index contributed by atoms with van der Waals surface area (Å²) in [6, 6.07) is 10.1. The maximum atomic E-state index is 12.4. The molecule has 1 fully saturated rings. The Kier molecular flexibility index (Phi) is 7.29. The fourth-order valence-electron chi connectivity index (χ4n) is 3.41. The van der Waals surface area contributed by atoms with E-state index < -0.39 is 13.5 Å². The lowest BCUT2D eigenvalue weighted by molar-refractivity contribution is 0.186. The van der Waals surface area contributed by atoms with Crippen molar-refractivity contribution in [1.29, 1.82) is 0 Å². The average Bonchev–Trinajstić information content (AvgIpc) is 2.53. The lowest BCUT2D eigenvalue weighted by Crippen LogP contribution is -2.32. The second-order valence-electron chi connectivity index (χ2n) is 6.91. The fourth-order valence-corrected chi connectivity index (χ4v) is 5.52. The molecule has 2 rings (SSSR count). The molecule has 3 atom stereocenters. The number of benzene rings is 1. The minimum Gasteiger partial charge on any atom is -0.391 e. The van der Waals surface area contributed by atoms with E-state index in [4.69, 9.17) is 0 Å². The van der Waals surface area contributed by atoms with Crippen molar-refractivity contribution in [2.75, 3.05) is 18.9 Å². The molecule has 130 valence electrons. The summed E-state index contributed by atoms with van der Waals surface area (Å²) < 4.78 is 12.4. The molecule has 0 amide bonds. The Labute approximate surface area is 139 Å². The van der Waals surface area contributed by atoms with Crippen molar-refractivity contribution >= 4 is 7.37 Å². The summed E-state index contributed by atoms with van der Waals surface area (Å²) in [4.78, 5) is 10.2. The van der Waals surface area contributed by atoms with Gasteiger partial charge in [-0.25, -0.2) is 0 Å². The lowest BCUT2D eigenvalue weighted by atomic mass is 9.91. The van der Waals surface area contributed by atoms with E-state index >= 15 is 0 Å². The van der Waals surface area contributed by atoms with Crippen LogP contribution >= 0.6 is 7.37 Å². The van der Waals surface area contributed by atoms with Crippen LogP contribution in [0.3, 0.4) is 0 Å². The maximum Gasteiger partial charge on any atom is 0.203 e. The molecule has 3 N–H and O–H groups in total. The van der Waals surface area contributed by atoms with Gasteiger partial charge in [0.25, 0.3) is 0 Å². The Bertz CT molecular complexity index is 502. The van der Waals surface area contributed by atoms with Crippen molar-refractivity contribution in [3.8, 4) is 0 Å². The lowest BCUT2D eigenvalue weighted by Gasteiger charge is -2.25. The molecule has 4 nitrogen and oxygen atoms in total. The van der Waals surface area contributed by atoms with Crippen LogP contribution in [0, 0.1) is 5.92 Å². The van der Waals surface area contributed by atoms with Gasteiger partial charge in [-0.2, -0.15) is 0 Å². The fraction of sp³-hybridized carbons (Fsp3) is 0.667. The largest absolute Gasteiger partial charge is 0.391 e. The number of rotatable bonds is 8. The molecule has 0 heterocycles. The van der Waals surface area contributed by atoms with E-state index in [1.54, 1.807) is 0 Å². The minimum atomic E-state index is -3.24. The van der Waals surface area contributed by atoms with Gasteiger partial charge in [0.2, 0.25) is 7.37 Å². The average molecular weight is 339 g/mol. The third kappa shape index (κ3) is 6.76. The van der Waals surface area contributed by atoms with Crippen molar-refractivity contribution in [1.82, 2.24) is 5.32 Å². The summed E-state index contributed by atoms with van der Waals surface area (Å²) in [6.07, 6.45) is 5.30. The molecule has 1 aliphatic carbocycles. The standard InChI is InChI=1S/C18H30NO3P/c1-15(17-10-6-3-7-11-17)19-12-18(20)14-23(21,22)13-16-8-4-2-5-9-16/h3,6-7,10-11,15-16,18-20H,2,4-5,8-9,12-14H2,1H3,(H,21,22)/t15-,18-/m0/s1. The Morgan fingerprint density at radius 3 is 2.52 bits per heavy atom. The van der Waals surface area contributed by atoms with Gasteiger partial charge in [0.1, 0.15) is 0 Å². The molecule has 0 radical (unpaired) electrons. The molecule has 1 aliphatic rings. The normalized spacial score (nSPS) is 21.5. The second kappa shape index (κ2) is 8.98. The first-order chi connectivity index (χ1) is 11.0. The molecule has 1 aromatic carbocycles. The van der Waals surface area contributed by atoms with Gasteiger partial charge >= 0.3 is 0 Å². The highest BCUT2D eigenvalue weighted by molar-refractivity contribution is 7.58. The quantitative estimate of drug-likeness (QED) is 0.634. The second-order valence-corrected chi connectivity index (χ2v) is 9.33. The molecular weight excluding hydrogens is 309 g/mol. The third-order valence-electron chi connectivity index (χ3n) is 4.72. The summed E-state index contributed by atoms with van der Waals surface area (Å²) in [6.45, 7) is 2.37. The summed E-state index contributed by atoms with van der Waals surface area (Å²) in [7, 11) is -3.24. The van der Waals surface area contributed by atoms with Crippen LogP contribution in [0.1, 0.15) is 50.6 Å². The van der Waals surface area contributed by atoms with E-state index in [1.807, 2.05) is 37.3 Å². The zero-order chi connectivity index (χ0) is 16.7. The molecule has 0 saturated heterocycles. The highest BCUT2D eigenvalue weighted by Gasteiger charge is 2.28.